The van der Waals surface area contributed by atoms with Crippen LogP contribution in [0.1, 0.15) is 226 Å². The Morgan fingerprint density at radius 2 is 1.01 bits per heavy atom. The van der Waals surface area contributed by atoms with Gasteiger partial charge in [-0.25, -0.2) is 0 Å². The van der Waals surface area contributed by atoms with Crippen LogP contribution in [0.5, 0.6) is 0 Å². The van der Waals surface area contributed by atoms with Gasteiger partial charge in [-0.1, -0.05) is 221 Å². The lowest BCUT2D eigenvalue weighted by molar-refractivity contribution is -0.305. The normalized spacial score (nSPS) is 20.0. The fraction of sp³-hybridized carbons (Fsp3) is 0.714. The van der Waals surface area contributed by atoms with Crippen LogP contribution >= 0.6 is 0 Å². The van der Waals surface area contributed by atoms with E-state index in [1.54, 1.807) is 6.08 Å². The third-order valence-electron chi connectivity index (χ3n) is 13.2. The molecule has 0 spiro atoms. The van der Waals surface area contributed by atoms with Gasteiger partial charge in [0.15, 0.2) is 12.4 Å². The van der Waals surface area contributed by atoms with E-state index in [9.17, 15) is 35.1 Å². The van der Waals surface area contributed by atoms with Gasteiger partial charge in [-0.2, -0.15) is 0 Å². The number of aliphatic hydroxyl groups excluding tert-OH is 5. The van der Waals surface area contributed by atoms with Crippen molar-refractivity contribution in [2.75, 3.05) is 13.2 Å². The standard InChI is InChI=1S/C63H107NO10/c1-4-7-10-13-16-19-22-25-27-28-29-31-32-35-38-41-44-47-50-56(67)62(71)64-54(55(66)49-46-43-40-37-34-24-21-18-15-12-9-6-3)53-72-63-61(60(70)59(69)57(52-65)73-63)74-58(68)51-48-45-42-39-36-33-30-26-23-20-17-14-11-8-5-2/h7,10,16-17,19-20,23,25-27,29,31,35,38,46,49,54-57,59-61,63,65-67,69-70H,4-6,8-9,11-15,18,21-22,24,28,30,32-34,36-37,39-45,47-48,50-53H2,1-3H3,(H,64,71)/b10-7-,19-16-,20-17+,26-23+,27-25-,31-29-,38-35-,49-46+. The summed E-state index contributed by atoms with van der Waals surface area (Å²) in [6.07, 6.45) is 55.8. The molecule has 11 nitrogen and oxygen atoms in total. The average molecular weight is 1040 g/mol. The van der Waals surface area contributed by atoms with E-state index in [4.69, 9.17) is 14.2 Å². The molecule has 8 atom stereocenters. The van der Waals surface area contributed by atoms with Gasteiger partial charge in [-0.3, -0.25) is 9.59 Å². The molecule has 1 fully saturated rings. The van der Waals surface area contributed by atoms with Gasteiger partial charge in [0.1, 0.15) is 24.4 Å². The van der Waals surface area contributed by atoms with Gasteiger partial charge in [0.2, 0.25) is 5.91 Å². The van der Waals surface area contributed by atoms with Gasteiger partial charge in [0.05, 0.1) is 25.4 Å². The Morgan fingerprint density at radius 3 is 1.57 bits per heavy atom. The van der Waals surface area contributed by atoms with Gasteiger partial charge in [0.25, 0.3) is 0 Å². The second kappa shape index (κ2) is 50.4. The van der Waals surface area contributed by atoms with E-state index in [2.05, 4.69) is 111 Å². The van der Waals surface area contributed by atoms with Crippen molar-refractivity contribution in [2.24, 2.45) is 0 Å². The molecule has 6 N–H and O–H groups in total. The SMILES string of the molecule is CC/C=C\C/C=C\C/C=C\C/C=C\C/C=C\CCCCC(O)C(=O)NC(COC1OC(CO)C(O)C(O)C1OC(=O)CCCCCCCC/C=C/C=C/CCCCC)C(O)/C=C/CCCCCCCCCCCC. The molecule has 74 heavy (non-hydrogen) atoms. The summed E-state index contributed by atoms with van der Waals surface area (Å²) in [5, 5.41) is 56.8. The Kier molecular flexibility index (Phi) is 46.7. The molecule has 8 unspecified atom stereocenters. The summed E-state index contributed by atoms with van der Waals surface area (Å²) in [7, 11) is 0. The predicted molar refractivity (Wildman–Crippen MR) is 305 cm³/mol. The van der Waals surface area contributed by atoms with Crippen LogP contribution in [0.4, 0.5) is 0 Å². The number of aliphatic hydroxyl groups is 5. The number of unbranched alkanes of at least 4 members (excludes halogenated alkanes) is 21. The van der Waals surface area contributed by atoms with Crippen molar-refractivity contribution in [3.8, 4) is 0 Å². The van der Waals surface area contributed by atoms with Crippen LogP contribution in [-0.2, 0) is 23.8 Å². The van der Waals surface area contributed by atoms with Crippen molar-refractivity contribution in [1.29, 1.82) is 0 Å². The molecule has 0 aromatic heterocycles. The third-order valence-corrected chi connectivity index (χ3v) is 13.2. The second-order valence-corrected chi connectivity index (χ2v) is 20.0. The van der Waals surface area contributed by atoms with Gasteiger partial charge < -0.3 is 45.1 Å². The molecule has 11 heteroatoms. The van der Waals surface area contributed by atoms with E-state index >= 15 is 0 Å². The summed E-state index contributed by atoms with van der Waals surface area (Å²) >= 11 is 0. The lowest BCUT2D eigenvalue weighted by Crippen LogP contribution is -2.61. The minimum Gasteiger partial charge on any atom is -0.454 e. The van der Waals surface area contributed by atoms with E-state index in [1.807, 2.05) is 6.08 Å². The highest BCUT2D eigenvalue weighted by molar-refractivity contribution is 5.80. The maximum atomic E-state index is 13.4. The van der Waals surface area contributed by atoms with Crippen LogP contribution in [0, 0.1) is 0 Å². The molecule has 1 heterocycles. The summed E-state index contributed by atoms with van der Waals surface area (Å²) in [6.45, 7) is 5.60. The number of hydrogen-bond donors (Lipinski definition) is 6. The van der Waals surface area contributed by atoms with E-state index < -0.39 is 67.4 Å². The molecule has 0 aliphatic carbocycles. The zero-order valence-electron chi connectivity index (χ0n) is 46.7. The van der Waals surface area contributed by atoms with Crippen LogP contribution in [0.15, 0.2) is 97.2 Å². The minimum absolute atomic E-state index is 0.101. The van der Waals surface area contributed by atoms with Crippen molar-refractivity contribution in [3.05, 3.63) is 97.2 Å². The first-order chi connectivity index (χ1) is 36.2. The molecule has 1 amide bonds. The number of nitrogens with one attached hydrogen (secondary N) is 1. The van der Waals surface area contributed by atoms with Crippen LogP contribution in [-0.4, -0.2) is 99.6 Å². The van der Waals surface area contributed by atoms with E-state index in [1.165, 1.54) is 64.2 Å². The maximum absolute atomic E-state index is 13.4. The summed E-state index contributed by atoms with van der Waals surface area (Å²) in [4.78, 5) is 26.5. The van der Waals surface area contributed by atoms with E-state index in [0.29, 0.717) is 12.8 Å². The molecule has 0 radical (unpaired) electrons. The Morgan fingerprint density at radius 1 is 0.554 bits per heavy atom. The zero-order valence-corrected chi connectivity index (χ0v) is 46.7. The van der Waals surface area contributed by atoms with Crippen molar-refractivity contribution in [2.45, 2.75) is 275 Å². The number of carbonyl (C=O) groups excluding carboxylic acids is 2. The number of hydrogen-bond acceptors (Lipinski definition) is 10. The lowest BCUT2D eigenvalue weighted by Gasteiger charge is -2.41. The first-order valence-corrected chi connectivity index (χ1v) is 29.5. The number of carbonyl (C=O) groups is 2. The van der Waals surface area contributed by atoms with Crippen molar-refractivity contribution in [1.82, 2.24) is 5.32 Å². The van der Waals surface area contributed by atoms with E-state index in [0.717, 1.165) is 116 Å². The number of allylic oxidation sites excluding steroid dienone is 15. The molecule has 0 aromatic carbocycles. The molecule has 0 bridgehead atoms. The van der Waals surface area contributed by atoms with E-state index in [-0.39, 0.29) is 19.4 Å². The van der Waals surface area contributed by atoms with Crippen molar-refractivity contribution in [3.63, 3.8) is 0 Å². The smallest absolute Gasteiger partial charge is 0.306 e. The summed E-state index contributed by atoms with van der Waals surface area (Å²) in [5.74, 6) is -1.25. The average Bonchev–Trinajstić information content (AvgIpc) is 3.40. The highest BCUT2D eigenvalue weighted by Crippen LogP contribution is 2.26. The van der Waals surface area contributed by atoms with Gasteiger partial charge in [-0.15, -0.1) is 0 Å². The Labute approximate surface area is 450 Å². The first-order valence-electron chi connectivity index (χ1n) is 29.5. The Hall–Kier alpha value is -3.42. The summed E-state index contributed by atoms with van der Waals surface area (Å²) in [5.41, 5.74) is 0. The fourth-order valence-corrected chi connectivity index (χ4v) is 8.55. The van der Waals surface area contributed by atoms with Crippen LogP contribution in [0.25, 0.3) is 0 Å². The van der Waals surface area contributed by atoms with Crippen molar-refractivity contribution >= 4 is 11.9 Å². The molecule has 0 saturated carbocycles. The topological polar surface area (TPSA) is 175 Å². The molecule has 1 rings (SSSR count). The van der Waals surface area contributed by atoms with Crippen LogP contribution in [0.2, 0.25) is 0 Å². The molecule has 0 aromatic rings. The van der Waals surface area contributed by atoms with Gasteiger partial charge >= 0.3 is 5.97 Å². The fourth-order valence-electron chi connectivity index (χ4n) is 8.55. The lowest BCUT2D eigenvalue weighted by atomic mass is 9.99. The highest BCUT2D eigenvalue weighted by atomic mass is 16.7. The maximum Gasteiger partial charge on any atom is 0.306 e. The predicted octanol–water partition coefficient (Wildman–Crippen LogP) is 13.6. The molecule has 424 valence electrons. The number of rotatable bonds is 48. The zero-order chi connectivity index (χ0) is 54.0. The molecule has 1 aliphatic rings. The minimum atomic E-state index is -1.63. The Balaban J connectivity index is 2.76. The molecule has 1 saturated heterocycles. The number of ether oxygens (including phenoxy) is 3. The second-order valence-electron chi connectivity index (χ2n) is 20.0. The van der Waals surface area contributed by atoms with Crippen molar-refractivity contribution < 1.29 is 49.3 Å². The number of esters is 1. The molecular weight excluding hydrogens is 931 g/mol. The van der Waals surface area contributed by atoms with Gasteiger partial charge in [-0.05, 0) is 96.3 Å². The molecular formula is C63H107NO10. The Bertz CT molecular complexity index is 1570. The third kappa shape index (κ3) is 38.2. The summed E-state index contributed by atoms with van der Waals surface area (Å²) in [6, 6.07) is -1.05. The quantitative estimate of drug-likeness (QED) is 0.0149. The van der Waals surface area contributed by atoms with Crippen LogP contribution in [0.3, 0.4) is 0 Å². The summed E-state index contributed by atoms with van der Waals surface area (Å²) < 4.78 is 17.6. The van der Waals surface area contributed by atoms with Gasteiger partial charge in [0, 0.05) is 6.42 Å². The van der Waals surface area contributed by atoms with Crippen LogP contribution < -0.4 is 5.32 Å². The highest BCUT2D eigenvalue weighted by Gasteiger charge is 2.47. The monoisotopic (exact) mass is 1040 g/mol. The first kappa shape index (κ1) is 68.6. The number of amides is 1. The molecule has 1 aliphatic heterocycles. The largest absolute Gasteiger partial charge is 0.454 e.